The molecule has 8 heteroatoms. The lowest BCUT2D eigenvalue weighted by Gasteiger charge is -2.27. The lowest BCUT2D eigenvalue weighted by atomic mass is 10.1. The van der Waals surface area contributed by atoms with Crippen LogP contribution in [0.2, 0.25) is 0 Å². The van der Waals surface area contributed by atoms with Crippen LogP contribution in [-0.4, -0.2) is 35.2 Å². The number of phenols is 2. The second-order valence-electron chi connectivity index (χ2n) is 5.38. The van der Waals surface area contributed by atoms with Crippen LogP contribution in [0.4, 0.5) is 10.5 Å². The zero-order valence-electron chi connectivity index (χ0n) is 13.6. The van der Waals surface area contributed by atoms with E-state index in [1.165, 1.54) is 37.5 Å². The summed E-state index contributed by atoms with van der Waals surface area (Å²) >= 11 is 0. The number of carbonyl (C=O) groups is 3. The number of benzene rings is 2. The van der Waals surface area contributed by atoms with Crippen molar-refractivity contribution in [3.8, 4) is 17.2 Å². The number of phenolic OH excluding ortho intramolecular Hbond substituents is 2. The van der Waals surface area contributed by atoms with Gasteiger partial charge < -0.3 is 14.9 Å². The quantitative estimate of drug-likeness (QED) is 0.439. The number of nitrogens with zero attached hydrogens (tertiary/aromatic N) is 1. The van der Waals surface area contributed by atoms with Crippen molar-refractivity contribution in [1.29, 1.82) is 0 Å². The summed E-state index contributed by atoms with van der Waals surface area (Å²) in [4.78, 5) is 37.9. The largest absolute Gasteiger partial charge is 0.504 e. The molecular formula is C18H14N2O6. The summed E-state index contributed by atoms with van der Waals surface area (Å²) in [5.74, 6) is -2.15. The Morgan fingerprint density at radius 1 is 1.04 bits per heavy atom. The van der Waals surface area contributed by atoms with E-state index in [4.69, 9.17) is 4.74 Å². The summed E-state index contributed by atoms with van der Waals surface area (Å²) in [6.07, 6.45) is 1.21. The molecule has 0 saturated carbocycles. The van der Waals surface area contributed by atoms with Crippen LogP contribution in [-0.2, 0) is 9.59 Å². The highest BCUT2D eigenvalue weighted by Gasteiger charge is 2.38. The van der Waals surface area contributed by atoms with Crippen LogP contribution in [0.5, 0.6) is 17.2 Å². The summed E-state index contributed by atoms with van der Waals surface area (Å²) in [7, 11) is 1.40. The van der Waals surface area contributed by atoms with E-state index in [-0.39, 0.29) is 22.8 Å². The second kappa shape index (κ2) is 6.60. The number of carbonyl (C=O) groups excluding carboxylic acids is 3. The van der Waals surface area contributed by atoms with E-state index in [2.05, 4.69) is 5.32 Å². The van der Waals surface area contributed by atoms with Gasteiger partial charge in [0, 0.05) is 0 Å². The zero-order chi connectivity index (χ0) is 18.8. The van der Waals surface area contributed by atoms with Crippen LogP contribution < -0.4 is 15.0 Å². The number of barbiturate groups is 1. The molecule has 2 aromatic rings. The Labute approximate surface area is 147 Å². The molecule has 1 aliphatic rings. The minimum Gasteiger partial charge on any atom is -0.504 e. The molecule has 2 aromatic carbocycles. The van der Waals surface area contributed by atoms with Gasteiger partial charge in [0.1, 0.15) is 11.3 Å². The molecule has 3 N–H and O–H groups in total. The normalized spacial score (nSPS) is 16.0. The molecule has 0 aromatic heterocycles. The van der Waals surface area contributed by atoms with E-state index in [0.29, 0.717) is 5.56 Å². The minimum absolute atomic E-state index is 0.185. The van der Waals surface area contributed by atoms with Crippen molar-refractivity contribution >= 4 is 29.6 Å². The first-order chi connectivity index (χ1) is 12.4. The number of hydrogen-bond donors (Lipinski definition) is 3. The fourth-order valence-electron chi connectivity index (χ4n) is 2.49. The average molecular weight is 354 g/mol. The van der Waals surface area contributed by atoms with Crippen molar-refractivity contribution in [1.82, 2.24) is 5.32 Å². The highest BCUT2D eigenvalue weighted by atomic mass is 16.5. The van der Waals surface area contributed by atoms with Gasteiger partial charge in [-0.25, -0.2) is 9.69 Å². The number of imide groups is 2. The molecule has 0 unspecified atom stereocenters. The van der Waals surface area contributed by atoms with Crippen molar-refractivity contribution in [2.45, 2.75) is 0 Å². The van der Waals surface area contributed by atoms with E-state index in [1.54, 1.807) is 18.2 Å². The number of rotatable bonds is 3. The van der Waals surface area contributed by atoms with Crippen LogP contribution in [0.25, 0.3) is 6.08 Å². The minimum atomic E-state index is -0.893. The van der Waals surface area contributed by atoms with E-state index in [1.807, 2.05) is 0 Å². The number of ether oxygens (including phenoxy) is 1. The van der Waals surface area contributed by atoms with E-state index >= 15 is 0 Å². The van der Waals surface area contributed by atoms with Crippen molar-refractivity contribution in [2.24, 2.45) is 0 Å². The standard InChI is InChI=1S/C18H14N2O6/c1-26-15-5-3-2-4-12(15)20-17(24)11(16(23)19-18(20)25)8-10-6-7-13(21)14(22)9-10/h2-9,21-22H,1H3,(H,19,23,25). The molecule has 0 aliphatic carbocycles. The number of para-hydroxylation sites is 2. The van der Waals surface area contributed by atoms with Crippen molar-refractivity contribution in [3.63, 3.8) is 0 Å². The Morgan fingerprint density at radius 3 is 2.46 bits per heavy atom. The molecule has 0 spiro atoms. The van der Waals surface area contributed by atoms with Crippen molar-refractivity contribution < 1.29 is 29.3 Å². The van der Waals surface area contributed by atoms with E-state index in [0.717, 1.165) is 4.90 Å². The number of amides is 4. The predicted molar refractivity (Wildman–Crippen MR) is 91.8 cm³/mol. The molecule has 1 fully saturated rings. The number of anilines is 1. The Kier molecular flexibility index (Phi) is 4.32. The Morgan fingerprint density at radius 2 is 1.77 bits per heavy atom. The van der Waals surface area contributed by atoms with Gasteiger partial charge in [-0.2, -0.15) is 0 Å². The predicted octanol–water partition coefficient (Wildman–Crippen LogP) is 1.77. The Balaban J connectivity index is 2.05. The van der Waals surface area contributed by atoms with Crippen molar-refractivity contribution in [2.75, 3.05) is 12.0 Å². The first-order valence-corrected chi connectivity index (χ1v) is 7.49. The van der Waals surface area contributed by atoms with Gasteiger partial charge in [-0.15, -0.1) is 0 Å². The second-order valence-corrected chi connectivity index (χ2v) is 5.38. The van der Waals surface area contributed by atoms with E-state index < -0.39 is 23.6 Å². The van der Waals surface area contributed by atoms with Gasteiger partial charge in [0.2, 0.25) is 0 Å². The topological polar surface area (TPSA) is 116 Å². The van der Waals surface area contributed by atoms with E-state index in [9.17, 15) is 24.6 Å². The maximum absolute atomic E-state index is 12.8. The SMILES string of the molecule is COc1ccccc1N1C(=O)NC(=O)C(=Cc2ccc(O)c(O)c2)C1=O. The third kappa shape index (κ3) is 2.95. The van der Waals surface area contributed by atoms with Gasteiger partial charge in [0.25, 0.3) is 11.8 Å². The zero-order valence-corrected chi connectivity index (χ0v) is 13.6. The maximum Gasteiger partial charge on any atom is 0.336 e. The molecule has 1 saturated heterocycles. The summed E-state index contributed by atoms with van der Waals surface area (Å²) in [6.45, 7) is 0. The number of aromatic hydroxyl groups is 2. The molecule has 8 nitrogen and oxygen atoms in total. The van der Waals surface area contributed by atoms with Gasteiger partial charge in [0.15, 0.2) is 11.5 Å². The van der Waals surface area contributed by atoms with Crippen LogP contribution in [0.3, 0.4) is 0 Å². The van der Waals surface area contributed by atoms with Crippen LogP contribution >= 0.6 is 0 Å². The smallest absolute Gasteiger partial charge is 0.336 e. The lowest BCUT2D eigenvalue weighted by Crippen LogP contribution is -2.54. The summed E-state index contributed by atoms with van der Waals surface area (Å²) in [5.41, 5.74) is 0.179. The third-order valence-electron chi connectivity index (χ3n) is 3.74. The summed E-state index contributed by atoms with van der Waals surface area (Å²) in [6, 6.07) is 9.31. The number of methoxy groups -OCH3 is 1. The van der Waals surface area contributed by atoms with Gasteiger partial charge >= 0.3 is 6.03 Å². The maximum atomic E-state index is 12.8. The molecular weight excluding hydrogens is 340 g/mol. The van der Waals surface area contributed by atoms with Crippen LogP contribution in [0.15, 0.2) is 48.0 Å². The molecule has 3 rings (SSSR count). The molecule has 132 valence electrons. The fraction of sp³-hybridized carbons (Fsp3) is 0.0556. The highest BCUT2D eigenvalue weighted by Crippen LogP contribution is 2.31. The molecule has 1 heterocycles. The van der Waals surface area contributed by atoms with Gasteiger partial charge in [0.05, 0.1) is 12.8 Å². The summed E-state index contributed by atoms with van der Waals surface area (Å²) < 4.78 is 5.17. The third-order valence-corrected chi connectivity index (χ3v) is 3.74. The monoisotopic (exact) mass is 354 g/mol. The molecule has 26 heavy (non-hydrogen) atoms. The molecule has 0 atom stereocenters. The number of nitrogens with one attached hydrogen (secondary N) is 1. The first kappa shape index (κ1) is 17.0. The van der Waals surface area contributed by atoms with Gasteiger partial charge in [-0.1, -0.05) is 18.2 Å². The van der Waals surface area contributed by atoms with Gasteiger partial charge in [-0.3, -0.25) is 14.9 Å². The first-order valence-electron chi connectivity index (χ1n) is 7.49. The number of hydrogen-bond acceptors (Lipinski definition) is 6. The van der Waals surface area contributed by atoms with Crippen molar-refractivity contribution in [3.05, 3.63) is 53.6 Å². The van der Waals surface area contributed by atoms with Gasteiger partial charge in [-0.05, 0) is 35.9 Å². The number of urea groups is 1. The molecule has 0 bridgehead atoms. The van der Waals surface area contributed by atoms with Crippen LogP contribution in [0, 0.1) is 0 Å². The van der Waals surface area contributed by atoms with Crippen LogP contribution in [0.1, 0.15) is 5.56 Å². The summed E-state index contributed by atoms with van der Waals surface area (Å²) in [5, 5.41) is 21.0. The Bertz CT molecular complexity index is 950. The lowest BCUT2D eigenvalue weighted by molar-refractivity contribution is -0.122. The fourth-order valence-corrected chi connectivity index (χ4v) is 2.49. The average Bonchev–Trinajstić information content (AvgIpc) is 2.62. The molecule has 4 amide bonds. The molecule has 1 aliphatic heterocycles. The molecule has 0 radical (unpaired) electrons. The highest BCUT2D eigenvalue weighted by molar-refractivity contribution is 6.39. The Hall–Kier alpha value is -3.81.